The van der Waals surface area contributed by atoms with E-state index in [1.165, 1.54) is 60.8 Å². The summed E-state index contributed by atoms with van der Waals surface area (Å²) in [5.74, 6) is -6.29. The third-order valence-corrected chi connectivity index (χ3v) is 6.09. The number of nitrogens with zero attached hydrogens (tertiary/aromatic N) is 5. The van der Waals surface area contributed by atoms with Crippen LogP contribution in [0.25, 0.3) is 11.1 Å². The van der Waals surface area contributed by atoms with Gasteiger partial charge in [0.2, 0.25) is 0 Å². The number of aromatic nitrogens is 5. The summed E-state index contributed by atoms with van der Waals surface area (Å²) in [4.78, 5) is 16.8. The topological polar surface area (TPSA) is 95.1 Å². The number of alkyl halides is 4. The maximum Gasteiger partial charge on any atom is 0.340 e. The molecule has 0 aliphatic rings. The zero-order valence-corrected chi connectivity index (χ0v) is 20.2. The molecule has 8 nitrogen and oxygen atoms in total. The van der Waals surface area contributed by atoms with Gasteiger partial charge in [0.1, 0.15) is 35.6 Å². The number of ether oxygens (including phenoxy) is 1. The van der Waals surface area contributed by atoms with Crippen LogP contribution < -0.4 is 10.3 Å². The largest absolute Gasteiger partial charge is 0.487 e. The lowest BCUT2D eigenvalue weighted by Gasteiger charge is -2.35. The van der Waals surface area contributed by atoms with E-state index in [1.54, 1.807) is 0 Å². The highest BCUT2D eigenvalue weighted by atomic mass is 19.3. The molecule has 39 heavy (non-hydrogen) atoms. The predicted molar refractivity (Wildman–Crippen MR) is 125 cm³/mol. The first kappa shape index (κ1) is 27.8. The van der Waals surface area contributed by atoms with Crippen LogP contribution in [0, 0.1) is 11.6 Å². The van der Waals surface area contributed by atoms with Gasteiger partial charge >= 0.3 is 12.3 Å². The van der Waals surface area contributed by atoms with Crippen LogP contribution in [-0.2, 0) is 12.1 Å². The Morgan fingerprint density at radius 2 is 1.74 bits per heavy atom. The monoisotopic (exact) mass is 553 g/mol. The average Bonchev–Trinajstić information content (AvgIpc) is 3.40. The molecule has 0 fully saturated rings. The Balaban J connectivity index is 1.61. The van der Waals surface area contributed by atoms with Gasteiger partial charge in [0.25, 0.3) is 5.56 Å². The van der Waals surface area contributed by atoms with Crippen LogP contribution in [0.2, 0.25) is 0 Å². The van der Waals surface area contributed by atoms with Crippen molar-refractivity contribution in [1.29, 1.82) is 0 Å². The first-order valence-electron chi connectivity index (χ1n) is 11.4. The third-order valence-electron chi connectivity index (χ3n) is 6.09. The third kappa shape index (κ3) is 5.95. The van der Waals surface area contributed by atoms with Crippen LogP contribution >= 0.6 is 0 Å². The molecule has 0 saturated heterocycles. The zero-order chi connectivity index (χ0) is 28.4. The van der Waals surface area contributed by atoms with E-state index < -0.39 is 47.8 Å². The van der Waals surface area contributed by atoms with E-state index in [2.05, 4.69) is 15.2 Å². The SMILES string of the molecule is C[C@@H](n1ncc(-c2ccc(OCC(F)(F)C(F)F)cc2)cc1=O)[C@](O)(Cn1cncn1)c1ccc(F)cc1F. The Morgan fingerprint density at radius 1 is 1.03 bits per heavy atom. The van der Waals surface area contributed by atoms with Crippen molar-refractivity contribution < 1.29 is 36.2 Å². The van der Waals surface area contributed by atoms with Gasteiger partial charge in [0, 0.05) is 23.3 Å². The minimum atomic E-state index is -4.31. The summed E-state index contributed by atoms with van der Waals surface area (Å²) in [6.07, 6.45) is -0.104. The van der Waals surface area contributed by atoms with Gasteiger partial charge in [-0.1, -0.05) is 18.2 Å². The van der Waals surface area contributed by atoms with Crippen molar-refractivity contribution in [3.8, 4) is 16.9 Å². The first-order chi connectivity index (χ1) is 18.4. The fraction of sp³-hybridized carbons (Fsp3) is 0.280. The molecule has 2 heterocycles. The standard InChI is InChI=1S/C25H21F6N5O3/c1-15(24(38,11-35-14-32-13-34-35)20-7-4-18(26)9-21(20)27)36-22(37)8-17(10-33-36)16-2-5-19(6-3-16)39-12-25(30,31)23(28)29/h2-10,13-15,23,38H,11-12H2,1H3/t15-,24-/m1/s1. The van der Waals surface area contributed by atoms with Gasteiger partial charge in [0.05, 0.1) is 18.8 Å². The molecule has 4 aromatic rings. The molecule has 4 rings (SSSR count). The lowest BCUT2D eigenvalue weighted by Crippen LogP contribution is -2.44. The van der Waals surface area contributed by atoms with Crippen molar-refractivity contribution in [2.75, 3.05) is 6.61 Å². The summed E-state index contributed by atoms with van der Waals surface area (Å²) in [5, 5.41) is 19.7. The summed E-state index contributed by atoms with van der Waals surface area (Å²) in [7, 11) is 0. The van der Waals surface area contributed by atoms with E-state index in [9.17, 15) is 36.2 Å². The van der Waals surface area contributed by atoms with E-state index in [0.717, 1.165) is 16.8 Å². The molecule has 206 valence electrons. The van der Waals surface area contributed by atoms with E-state index in [0.29, 0.717) is 17.2 Å². The molecule has 2 aromatic carbocycles. The van der Waals surface area contributed by atoms with Gasteiger partial charge in [-0.15, -0.1) is 0 Å². The molecule has 0 aliphatic heterocycles. The molecule has 0 aliphatic carbocycles. The van der Waals surface area contributed by atoms with Gasteiger partial charge in [-0.3, -0.25) is 4.79 Å². The lowest BCUT2D eigenvalue weighted by molar-refractivity contribution is -0.148. The minimum absolute atomic E-state index is 0.0894. The van der Waals surface area contributed by atoms with Crippen molar-refractivity contribution in [1.82, 2.24) is 24.5 Å². The van der Waals surface area contributed by atoms with Crippen LogP contribution in [0.3, 0.4) is 0 Å². The van der Waals surface area contributed by atoms with Crippen LogP contribution in [0.15, 0.2) is 72.2 Å². The van der Waals surface area contributed by atoms with Crippen LogP contribution in [0.1, 0.15) is 18.5 Å². The molecule has 0 amide bonds. The Hall–Kier alpha value is -4.20. The van der Waals surface area contributed by atoms with Gasteiger partial charge < -0.3 is 9.84 Å². The second-order valence-electron chi connectivity index (χ2n) is 8.72. The molecule has 0 saturated carbocycles. The summed E-state index contributed by atoms with van der Waals surface area (Å²) in [6, 6.07) is 7.99. The molecule has 0 spiro atoms. The molecule has 14 heteroatoms. The van der Waals surface area contributed by atoms with Crippen LogP contribution in [0.5, 0.6) is 5.75 Å². The Morgan fingerprint density at radius 3 is 2.33 bits per heavy atom. The molecular formula is C25H21F6N5O3. The van der Waals surface area contributed by atoms with Crippen molar-refractivity contribution in [2.24, 2.45) is 0 Å². The van der Waals surface area contributed by atoms with Gasteiger partial charge in [-0.05, 0) is 30.7 Å². The van der Waals surface area contributed by atoms with Gasteiger partial charge in [-0.25, -0.2) is 31.9 Å². The highest BCUT2D eigenvalue weighted by Gasteiger charge is 2.42. The molecular weight excluding hydrogens is 532 g/mol. The van der Waals surface area contributed by atoms with Crippen LogP contribution in [-0.4, -0.2) is 48.6 Å². The molecule has 0 unspecified atom stereocenters. The van der Waals surface area contributed by atoms with Gasteiger partial charge in [0.15, 0.2) is 6.61 Å². The smallest absolute Gasteiger partial charge is 0.340 e. The molecule has 1 N–H and O–H groups in total. The number of benzene rings is 2. The summed E-state index contributed by atoms with van der Waals surface area (Å²) in [5.41, 5.74) is -2.37. The van der Waals surface area contributed by atoms with E-state index in [-0.39, 0.29) is 17.9 Å². The van der Waals surface area contributed by atoms with E-state index >= 15 is 0 Å². The molecule has 2 atom stereocenters. The number of hydrogen-bond acceptors (Lipinski definition) is 6. The number of aliphatic hydroxyl groups is 1. The highest BCUT2D eigenvalue weighted by molar-refractivity contribution is 5.62. The van der Waals surface area contributed by atoms with Gasteiger partial charge in [-0.2, -0.15) is 19.0 Å². The maximum absolute atomic E-state index is 14.8. The fourth-order valence-corrected chi connectivity index (χ4v) is 3.90. The zero-order valence-electron chi connectivity index (χ0n) is 20.2. The molecule has 0 bridgehead atoms. The second kappa shape index (κ2) is 10.9. The average molecular weight is 553 g/mol. The number of rotatable bonds is 10. The summed E-state index contributed by atoms with van der Waals surface area (Å²) < 4.78 is 86.0. The highest BCUT2D eigenvalue weighted by Crippen LogP contribution is 2.36. The summed E-state index contributed by atoms with van der Waals surface area (Å²) in [6.45, 7) is -0.431. The maximum atomic E-state index is 14.8. The molecule has 0 radical (unpaired) electrons. The van der Waals surface area contributed by atoms with Crippen molar-refractivity contribution in [2.45, 2.75) is 37.5 Å². The normalized spacial score (nSPS) is 14.3. The second-order valence-corrected chi connectivity index (χ2v) is 8.72. The first-order valence-corrected chi connectivity index (χ1v) is 11.4. The van der Waals surface area contributed by atoms with Crippen molar-refractivity contribution in [3.05, 3.63) is 94.9 Å². The Bertz CT molecular complexity index is 1480. The predicted octanol–water partition coefficient (Wildman–Crippen LogP) is 4.21. The lowest BCUT2D eigenvalue weighted by atomic mass is 9.86. The Labute approximate surface area is 217 Å². The minimum Gasteiger partial charge on any atom is -0.487 e. The molecule has 2 aromatic heterocycles. The number of hydrogen-bond donors (Lipinski definition) is 1. The fourth-order valence-electron chi connectivity index (χ4n) is 3.90. The Kier molecular flexibility index (Phi) is 7.77. The van der Waals surface area contributed by atoms with E-state index in [4.69, 9.17) is 4.74 Å². The van der Waals surface area contributed by atoms with Crippen molar-refractivity contribution >= 4 is 0 Å². The van der Waals surface area contributed by atoms with E-state index in [1.807, 2.05) is 0 Å². The summed E-state index contributed by atoms with van der Waals surface area (Å²) >= 11 is 0. The van der Waals surface area contributed by atoms with Crippen molar-refractivity contribution in [3.63, 3.8) is 0 Å². The number of halogens is 6. The quantitative estimate of drug-likeness (QED) is 0.296. The van der Waals surface area contributed by atoms with Crippen LogP contribution in [0.4, 0.5) is 26.3 Å².